The molecule has 1 aromatic rings. The topological polar surface area (TPSA) is 55.1 Å². The smallest absolute Gasteiger partial charge is 0.303 e. The lowest BCUT2D eigenvalue weighted by Gasteiger charge is -2.24. The zero-order valence-corrected chi connectivity index (χ0v) is 9.16. The Labute approximate surface area is 88.9 Å². The summed E-state index contributed by atoms with van der Waals surface area (Å²) >= 11 is 0. The van der Waals surface area contributed by atoms with Gasteiger partial charge >= 0.3 is 5.97 Å². The van der Waals surface area contributed by atoms with E-state index in [1.807, 2.05) is 13.8 Å². The Morgan fingerprint density at radius 1 is 1.60 bits per heavy atom. The van der Waals surface area contributed by atoms with Crippen molar-refractivity contribution in [2.75, 3.05) is 0 Å². The van der Waals surface area contributed by atoms with Crippen molar-refractivity contribution >= 4 is 5.97 Å². The average Bonchev–Trinajstić information content (AvgIpc) is 2.41. The molecular weight excluding hydrogens is 192 g/mol. The van der Waals surface area contributed by atoms with Gasteiger partial charge in [0.25, 0.3) is 0 Å². The monoisotopic (exact) mass is 208 g/mol. The first-order valence-electron chi connectivity index (χ1n) is 5.32. The van der Waals surface area contributed by atoms with E-state index >= 15 is 0 Å². The molecule has 2 rings (SSSR count). The number of fused-ring (bicyclic) bond motifs is 1. The summed E-state index contributed by atoms with van der Waals surface area (Å²) < 4.78 is 2.17. The largest absolute Gasteiger partial charge is 0.481 e. The Hall–Kier alpha value is -1.32. The van der Waals surface area contributed by atoms with Crippen molar-refractivity contribution in [3.63, 3.8) is 0 Å². The van der Waals surface area contributed by atoms with Crippen LogP contribution in [-0.4, -0.2) is 20.6 Å². The highest BCUT2D eigenvalue weighted by molar-refractivity contribution is 5.67. The maximum Gasteiger partial charge on any atom is 0.303 e. The first-order chi connectivity index (χ1) is 7.08. The number of imidazole rings is 1. The van der Waals surface area contributed by atoms with Gasteiger partial charge < -0.3 is 9.67 Å². The Balaban J connectivity index is 2.19. The molecule has 4 heteroatoms. The highest BCUT2D eigenvalue weighted by Crippen LogP contribution is 2.25. The quantitative estimate of drug-likeness (QED) is 0.802. The van der Waals surface area contributed by atoms with E-state index in [2.05, 4.69) is 9.55 Å². The van der Waals surface area contributed by atoms with E-state index in [1.54, 1.807) is 0 Å². The summed E-state index contributed by atoms with van der Waals surface area (Å²) in [6, 6.07) is 0. The summed E-state index contributed by atoms with van der Waals surface area (Å²) in [5.41, 5.74) is 2.38. The molecule has 0 bridgehead atoms. The van der Waals surface area contributed by atoms with Gasteiger partial charge in [-0.25, -0.2) is 4.98 Å². The van der Waals surface area contributed by atoms with Crippen LogP contribution in [0, 0.1) is 19.8 Å². The van der Waals surface area contributed by atoms with Gasteiger partial charge in [-0.05, 0) is 32.6 Å². The van der Waals surface area contributed by atoms with Gasteiger partial charge in [0.05, 0.1) is 5.69 Å². The van der Waals surface area contributed by atoms with Gasteiger partial charge in [-0.1, -0.05) is 0 Å². The van der Waals surface area contributed by atoms with Crippen molar-refractivity contribution in [2.24, 2.45) is 5.92 Å². The van der Waals surface area contributed by atoms with Gasteiger partial charge in [-0.2, -0.15) is 0 Å². The first kappa shape index (κ1) is 10.2. The molecule has 1 N–H and O–H groups in total. The van der Waals surface area contributed by atoms with E-state index in [-0.39, 0.29) is 12.3 Å². The fraction of sp³-hybridized carbons (Fsp3) is 0.636. The third kappa shape index (κ3) is 1.89. The van der Waals surface area contributed by atoms with E-state index in [0.717, 1.165) is 30.9 Å². The van der Waals surface area contributed by atoms with Gasteiger partial charge in [-0.3, -0.25) is 4.79 Å². The molecule has 15 heavy (non-hydrogen) atoms. The molecular formula is C11H16N2O2. The molecule has 0 fully saturated rings. The second-order valence-corrected chi connectivity index (χ2v) is 4.30. The lowest BCUT2D eigenvalue weighted by atomic mass is 9.94. The SMILES string of the molecule is Cc1nc(C)n2c1CCC(CC(=O)O)C2. The van der Waals surface area contributed by atoms with E-state index in [1.165, 1.54) is 5.69 Å². The number of carbonyl (C=O) groups is 1. The van der Waals surface area contributed by atoms with Crippen LogP contribution < -0.4 is 0 Å². The Bertz CT molecular complexity index is 396. The maximum atomic E-state index is 10.6. The fourth-order valence-corrected chi connectivity index (χ4v) is 2.42. The number of hydrogen-bond acceptors (Lipinski definition) is 2. The molecule has 0 saturated carbocycles. The van der Waals surface area contributed by atoms with Crippen molar-refractivity contribution in [1.82, 2.24) is 9.55 Å². The van der Waals surface area contributed by atoms with Gasteiger partial charge in [0.2, 0.25) is 0 Å². The molecule has 82 valence electrons. The molecule has 2 heterocycles. The lowest BCUT2D eigenvalue weighted by Crippen LogP contribution is -2.23. The summed E-state index contributed by atoms with van der Waals surface area (Å²) in [5.74, 6) is 0.581. The second kappa shape index (κ2) is 3.68. The molecule has 0 aromatic carbocycles. The maximum absolute atomic E-state index is 10.6. The zero-order valence-electron chi connectivity index (χ0n) is 9.16. The first-order valence-corrected chi connectivity index (χ1v) is 5.32. The number of carboxylic acids is 1. The normalized spacial score (nSPS) is 20.0. The van der Waals surface area contributed by atoms with Crippen LogP contribution in [0.1, 0.15) is 30.1 Å². The molecule has 1 aromatic heterocycles. The van der Waals surface area contributed by atoms with E-state index in [4.69, 9.17) is 5.11 Å². The average molecular weight is 208 g/mol. The minimum absolute atomic E-state index is 0.266. The standard InChI is InChI=1S/C11H16N2O2/c1-7-10-4-3-9(5-11(14)15)6-13(10)8(2)12-7/h9H,3-6H2,1-2H3,(H,14,15). The Kier molecular flexibility index (Phi) is 2.50. The minimum Gasteiger partial charge on any atom is -0.481 e. The number of hydrogen-bond donors (Lipinski definition) is 1. The number of aromatic nitrogens is 2. The number of aliphatic carboxylic acids is 1. The molecule has 0 saturated heterocycles. The number of rotatable bonds is 2. The van der Waals surface area contributed by atoms with Crippen molar-refractivity contribution in [3.05, 3.63) is 17.2 Å². The van der Waals surface area contributed by atoms with Crippen LogP contribution >= 0.6 is 0 Å². The molecule has 1 atom stereocenters. The highest BCUT2D eigenvalue weighted by Gasteiger charge is 2.23. The van der Waals surface area contributed by atoms with Gasteiger partial charge in [0, 0.05) is 18.7 Å². The zero-order chi connectivity index (χ0) is 11.0. The Morgan fingerprint density at radius 3 is 3.00 bits per heavy atom. The van der Waals surface area contributed by atoms with Crippen LogP contribution in [0.2, 0.25) is 0 Å². The molecule has 0 amide bonds. The van der Waals surface area contributed by atoms with Crippen LogP contribution in [0.5, 0.6) is 0 Å². The van der Waals surface area contributed by atoms with Crippen LogP contribution in [0.15, 0.2) is 0 Å². The predicted molar refractivity (Wildman–Crippen MR) is 55.8 cm³/mol. The van der Waals surface area contributed by atoms with E-state index in [0.29, 0.717) is 0 Å². The number of aryl methyl sites for hydroxylation is 2. The Morgan fingerprint density at radius 2 is 2.33 bits per heavy atom. The number of nitrogens with zero attached hydrogens (tertiary/aromatic N) is 2. The van der Waals surface area contributed by atoms with Gasteiger partial charge in [0.15, 0.2) is 0 Å². The van der Waals surface area contributed by atoms with Crippen LogP contribution in [0.3, 0.4) is 0 Å². The molecule has 1 aliphatic heterocycles. The number of carboxylic acid groups (broad SMARTS) is 1. The molecule has 4 nitrogen and oxygen atoms in total. The van der Waals surface area contributed by atoms with Crippen molar-refractivity contribution in [1.29, 1.82) is 0 Å². The van der Waals surface area contributed by atoms with Crippen LogP contribution in [0.4, 0.5) is 0 Å². The second-order valence-electron chi connectivity index (χ2n) is 4.30. The van der Waals surface area contributed by atoms with Crippen molar-refractivity contribution < 1.29 is 9.90 Å². The summed E-state index contributed by atoms with van der Waals surface area (Å²) in [4.78, 5) is 15.1. The third-order valence-electron chi connectivity index (χ3n) is 3.16. The van der Waals surface area contributed by atoms with Crippen LogP contribution in [0.25, 0.3) is 0 Å². The van der Waals surface area contributed by atoms with Gasteiger partial charge in [-0.15, -0.1) is 0 Å². The van der Waals surface area contributed by atoms with Gasteiger partial charge in [0.1, 0.15) is 5.82 Å². The minimum atomic E-state index is -0.696. The fourth-order valence-electron chi connectivity index (χ4n) is 2.42. The lowest BCUT2D eigenvalue weighted by molar-refractivity contribution is -0.138. The summed E-state index contributed by atoms with van der Waals surface area (Å²) in [5, 5.41) is 8.76. The highest BCUT2D eigenvalue weighted by atomic mass is 16.4. The summed E-state index contributed by atoms with van der Waals surface area (Å²) in [6.45, 7) is 4.82. The predicted octanol–water partition coefficient (Wildman–Crippen LogP) is 1.54. The molecule has 1 unspecified atom stereocenters. The van der Waals surface area contributed by atoms with E-state index < -0.39 is 5.97 Å². The summed E-state index contributed by atoms with van der Waals surface area (Å²) in [6.07, 6.45) is 2.21. The van der Waals surface area contributed by atoms with Crippen LogP contribution in [-0.2, 0) is 17.8 Å². The van der Waals surface area contributed by atoms with Crippen molar-refractivity contribution in [3.8, 4) is 0 Å². The molecule has 1 aliphatic rings. The third-order valence-corrected chi connectivity index (χ3v) is 3.16. The molecule has 0 aliphatic carbocycles. The van der Waals surface area contributed by atoms with Crippen molar-refractivity contribution in [2.45, 2.75) is 39.7 Å². The van der Waals surface area contributed by atoms with E-state index in [9.17, 15) is 4.79 Å². The molecule has 0 spiro atoms. The summed E-state index contributed by atoms with van der Waals surface area (Å²) in [7, 11) is 0. The molecule has 0 radical (unpaired) electrons.